The molecule has 4 aromatic rings. The zero-order valence-electron chi connectivity index (χ0n) is 14.6. The van der Waals surface area contributed by atoms with E-state index in [0.717, 1.165) is 9.95 Å². The van der Waals surface area contributed by atoms with Gasteiger partial charge in [0.05, 0.1) is 28.4 Å². The molecule has 0 saturated carbocycles. The van der Waals surface area contributed by atoms with Gasteiger partial charge in [-0.15, -0.1) is 0 Å². The third-order valence-electron chi connectivity index (χ3n) is 4.44. The van der Waals surface area contributed by atoms with Crippen LogP contribution in [0.25, 0.3) is 21.9 Å². The van der Waals surface area contributed by atoms with Crippen molar-refractivity contribution in [3.8, 4) is 0 Å². The minimum absolute atomic E-state index is 0.247. The fraction of sp³-hybridized carbons (Fsp3) is 0.105. The number of aryl methyl sites for hydroxylation is 1. The molecular formula is C19H15N5O3. The van der Waals surface area contributed by atoms with Crippen LogP contribution in [-0.4, -0.2) is 25.0 Å². The molecule has 0 fully saturated rings. The minimum atomic E-state index is -0.467. The Morgan fingerprint density at radius 1 is 1.00 bits per heavy atom. The highest BCUT2D eigenvalue weighted by molar-refractivity contribution is 6.12. The molecule has 0 bridgehead atoms. The van der Waals surface area contributed by atoms with Crippen molar-refractivity contribution < 1.29 is 4.79 Å². The van der Waals surface area contributed by atoms with E-state index in [2.05, 4.69) is 15.3 Å². The molecule has 0 saturated heterocycles. The zero-order chi connectivity index (χ0) is 19.1. The smallest absolute Gasteiger partial charge is 0.321 e. The number of pyridine rings is 2. The molecular weight excluding hydrogens is 346 g/mol. The predicted molar refractivity (Wildman–Crippen MR) is 102 cm³/mol. The van der Waals surface area contributed by atoms with E-state index >= 15 is 0 Å². The average Bonchev–Trinajstić information content (AvgIpc) is 2.70. The standard InChI is InChI=1S/C19H15N5O3/c1-23-16-14(18(26)24(2)19(23)27)9-11(10-21-16)22-17(25)13-7-8-20-15-6-4-3-5-12(13)15/h3-10H,1-2H3,(H,22,25). The molecule has 1 amide bonds. The number of aromatic nitrogens is 4. The maximum Gasteiger partial charge on any atom is 0.332 e. The summed E-state index contributed by atoms with van der Waals surface area (Å²) < 4.78 is 2.30. The molecule has 3 aromatic heterocycles. The maximum absolute atomic E-state index is 12.7. The van der Waals surface area contributed by atoms with Crippen molar-refractivity contribution in [3.05, 3.63) is 75.2 Å². The monoisotopic (exact) mass is 361 g/mol. The van der Waals surface area contributed by atoms with Gasteiger partial charge < -0.3 is 5.32 Å². The summed E-state index contributed by atoms with van der Waals surface area (Å²) in [7, 11) is 2.94. The highest BCUT2D eigenvalue weighted by Gasteiger charge is 2.14. The number of benzene rings is 1. The van der Waals surface area contributed by atoms with Gasteiger partial charge in [-0.3, -0.25) is 23.7 Å². The van der Waals surface area contributed by atoms with Crippen molar-refractivity contribution in [3.63, 3.8) is 0 Å². The third kappa shape index (κ3) is 2.67. The summed E-state index contributed by atoms with van der Waals surface area (Å²) in [5.41, 5.74) is 0.880. The van der Waals surface area contributed by atoms with Crippen LogP contribution in [0.5, 0.6) is 0 Å². The Labute approximate surface area is 152 Å². The Bertz CT molecular complexity index is 1330. The maximum atomic E-state index is 12.7. The van der Waals surface area contributed by atoms with Gasteiger partial charge in [0.25, 0.3) is 11.5 Å². The molecule has 0 radical (unpaired) electrons. The van der Waals surface area contributed by atoms with E-state index < -0.39 is 11.2 Å². The molecule has 1 N–H and O–H groups in total. The van der Waals surface area contributed by atoms with Crippen LogP contribution < -0.4 is 16.6 Å². The van der Waals surface area contributed by atoms with Crippen LogP contribution in [0.1, 0.15) is 10.4 Å². The number of fused-ring (bicyclic) bond motifs is 2. The molecule has 1 aromatic carbocycles. The van der Waals surface area contributed by atoms with E-state index in [0.29, 0.717) is 16.8 Å². The lowest BCUT2D eigenvalue weighted by atomic mass is 10.1. The van der Waals surface area contributed by atoms with Gasteiger partial charge in [0.2, 0.25) is 0 Å². The lowest BCUT2D eigenvalue weighted by Crippen LogP contribution is -2.37. The second-order valence-corrected chi connectivity index (χ2v) is 6.13. The highest BCUT2D eigenvalue weighted by Crippen LogP contribution is 2.18. The van der Waals surface area contributed by atoms with Gasteiger partial charge in [-0.05, 0) is 18.2 Å². The van der Waals surface area contributed by atoms with E-state index in [9.17, 15) is 14.4 Å². The normalized spacial score (nSPS) is 11.0. The van der Waals surface area contributed by atoms with Gasteiger partial charge in [0, 0.05) is 25.7 Å². The van der Waals surface area contributed by atoms with Crippen LogP contribution >= 0.6 is 0 Å². The Morgan fingerprint density at radius 3 is 2.59 bits per heavy atom. The number of carbonyl (C=O) groups is 1. The van der Waals surface area contributed by atoms with Gasteiger partial charge in [0.15, 0.2) is 0 Å². The molecule has 134 valence electrons. The topological polar surface area (TPSA) is 98.9 Å². The Hall–Kier alpha value is -3.81. The molecule has 27 heavy (non-hydrogen) atoms. The molecule has 0 aliphatic rings. The summed E-state index contributed by atoms with van der Waals surface area (Å²) in [5, 5.41) is 3.73. The lowest BCUT2D eigenvalue weighted by Gasteiger charge is -2.10. The molecule has 0 aliphatic carbocycles. The van der Waals surface area contributed by atoms with Gasteiger partial charge in [-0.2, -0.15) is 0 Å². The molecule has 8 heteroatoms. The van der Waals surface area contributed by atoms with Gasteiger partial charge in [-0.25, -0.2) is 9.78 Å². The number of hydrogen-bond acceptors (Lipinski definition) is 5. The van der Waals surface area contributed by atoms with Crippen LogP contribution in [0.15, 0.2) is 58.4 Å². The second kappa shape index (κ2) is 6.17. The Kier molecular flexibility index (Phi) is 3.80. The number of carbonyl (C=O) groups excluding carboxylic acids is 1. The molecule has 0 spiro atoms. The first-order valence-electron chi connectivity index (χ1n) is 8.18. The lowest BCUT2D eigenvalue weighted by molar-refractivity contribution is 0.102. The summed E-state index contributed by atoms with van der Waals surface area (Å²) in [5.74, 6) is -0.337. The Balaban J connectivity index is 1.78. The van der Waals surface area contributed by atoms with Crippen molar-refractivity contribution in [1.29, 1.82) is 0 Å². The van der Waals surface area contributed by atoms with E-state index in [4.69, 9.17) is 0 Å². The van der Waals surface area contributed by atoms with Crippen molar-refractivity contribution in [2.75, 3.05) is 5.32 Å². The number of rotatable bonds is 2. The van der Waals surface area contributed by atoms with E-state index in [-0.39, 0.29) is 16.9 Å². The van der Waals surface area contributed by atoms with Gasteiger partial charge in [0.1, 0.15) is 5.65 Å². The first kappa shape index (κ1) is 16.6. The van der Waals surface area contributed by atoms with Crippen molar-refractivity contribution >= 4 is 33.5 Å². The SMILES string of the molecule is Cn1c(=O)c2cc(NC(=O)c3ccnc4ccccc34)cnc2n(C)c1=O. The van der Waals surface area contributed by atoms with E-state index in [1.54, 1.807) is 19.3 Å². The van der Waals surface area contributed by atoms with E-state index in [1.165, 1.54) is 23.9 Å². The molecule has 0 atom stereocenters. The van der Waals surface area contributed by atoms with Crippen LogP contribution in [0.4, 0.5) is 5.69 Å². The average molecular weight is 361 g/mol. The largest absolute Gasteiger partial charge is 0.332 e. The summed E-state index contributed by atoms with van der Waals surface area (Å²) >= 11 is 0. The van der Waals surface area contributed by atoms with Crippen molar-refractivity contribution in [1.82, 2.24) is 19.1 Å². The van der Waals surface area contributed by atoms with Crippen molar-refractivity contribution in [2.45, 2.75) is 0 Å². The first-order valence-corrected chi connectivity index (χ1v) is 8.18. The van der Waals surface area contributed by atoms with Gasteiger partial charge in [-0.1, -0.05) is 18.2 Å². The predicted octanol–water partition coefficient (Wildman–Crippen LogP) is 1.43. The number of para-hydroxylation sites is 1. The summed E-state index contributed by atoms with van der Waals surface area (Å²) in [6.07, 6.45) is 2.99. The highest BCUT2D eigenvalue weighted by atomic mass is 16.2. The fourth-order valence-corrected chi connectivity index (χ4v) is 3.03. The molecule has 3 heterocycles. The zero-order valence-corrected chi connectivity index (χ0v) is 14.6. The molecule has 8 nitrogen and oxygen atoms in total. The number of amides is 1. The Morgan fingerprint density at radius 2 is 1.78 bits per heavy atom. The quantitative estimate of drug-likeness (QED) is 0.582. The van der Waals surface area contributed by atoms with Crippen LogP contribution in [0, 0.1) is 0 Å². The van der Waals surface area contributed by atoms with Gasteiger partial charge >= 0.3 is 5.69 Å². The number of nitrogens with zero attached hydrogens (tertiary/aromatic N) is 4. The number of anilines is 1. The summed E-state index contributed by atoms with van der Waals surface area (Å²) in [6, 6.07) is 10.5. The second-order valence-electron chi connectivity index (χ2n) is 6.13. The summed E-state index contributed by atoms with van der Waals surface area (Å²) in [4.78, 5) is 45.5. The first-order chi connectivity index (χ1) is 13.0. The number of nitrogens with one attached hydrogen (secondary N) is 1. The van der Waals surface area contributed by atoms with Crippen LogP contribution in [-0.2, 0) is 14.1 Å². The van der Waals surface area contributed by atoms with Crippen molar-refractivity contribution in [2.24, 2.45) is 14.1 Å². The summed E-state index contributed by atoms with van der Waals surface area (Å²) in [6.45, 7) is 0. The van der Waals surface area contributed by atoms with E-state index in [1.807, 2.05) is 24.3 Å². The molecule has 0 aliphatic heterocycles. The third-order valence-corrected chi connectivity index (χ3v) is 4.44. The molecule has 4 rings (SSSR count). The number of hydrogen-bond donors (Lipinski definition) is 1. The fourth-order valence-electron chi connectivity index (χ4n) is 3.03. The van der Waals surface area contributed by atoms with Crippen LogP contribution in [0.2, 0.25) is 0 Å². The minimum Gasteiger partial charge on any atom is -0.321 e. The van der Waals surface area contributed by atoms with Crippen LogP contribution in [0.3, 0.4) is 0 Å². The molecule has 0 unspecified atom stereocenters.